The molecule has 3 amide bonds. The number of hydrazine groups is 1. The Morgan fingerprint density at radius 1 is 1.20 bits per heavy atom. The molecular weight excluding hydrogens is 326 g/mol. The van der Waals surface area contributed by atoms with Crippen LogP contribution in [0.15, 0.2) is 0 Å². The van der Waals surface area contributed by atoms with E-state index in [0.29, 0.717) is 19.3 Å². The highest BCUT2D eigenvalue weighted by molar-refractivity contribution is 6.03. The summed E-state index contributed by atoms with van der Waals surface area (Å²) in [6, 6.07) is -1.06. The summed E-state index contributed by atoms with van der Waals surface area (Å²) in [5.74, 6) is -1.13. The lowest BCUT2D eigenvalue weighted by Gasteiger charge is -2.24. The molecule has 8 nitrogen and oxygen atoms in total. The van der Waals surface area contributed by atoms with Gasteiger partial charge in [-0.25, -0.2) is 15.2 Å². The summed E-state index contributed by atoms with van der Waals surface area (Å²) in [6.45, 7) is 2.33. The Kier molecular flexibility index (Phi) is 10.1. The third-order valence-electron chi connectivity index (χ3n) is 4.32. The van der Waals surface area contributed by atoms with Crippen LogP contribution in [0.4, 0.5) is 4.79 Å². The monoisotopic (exact) mass is 357 g/mol. The number of nitrogens with one attached hydrogen (secondary N) is 2. The van der Waals surface area contributed by atoms with Gasteiger partial charge in [0.25, 0.3) is 5.91 Å². The van der Waals surface area contributed by atoms with E-state index < -0.39 is 24.1 Å². The van der Waals surface area contributed by atoms with Crippen LogP contribution in [0.5, 0.6) is 0 Å². The van der Waals surface area contributed by atoms with Gasteiger partial charge in [0.2, 0.25) is 0 Å². The maximum atomic E-state index is 11.9. The minimum absolute atomic E-state index is 0.159. The maximum absolute atomic E-state index is 11.9. The molecule has 0 aliphatic carbocycles. The number of unbranched alkanes of at least 4 members (excludes halogenated alkanes) is 5. The van der Waals surface area contributed by atoms with Gasteiger partial charge in [0.1, 0.15) is 6.04 Å². The number of amides is 3. The van der Waals surface area contributed by atoms with Crippen LogP contribution in [0.25, 0.3) is 0 Å². The Morgan fingerprint density at radius 2 is 1.92 bits per heavy atom. The number of aliphatic hydroxyl groups is 1. The van der Waals surface area contributed by atoms with E-state index in [1.807, 2.05) is 0 Å². The molecule has 1 fully saturated rings. The molecule has 0 aromatic heterocycles. The summed E-state index contributed by atoms with van der Waals surface area (Å²) in [7, 11) is 0. The van der Waals surface area contributed by atoms with Crippen molar-refractivity contribution >= 4 is 17.9 Å². The van der Waals surface area contributed by atoms with Crippen LogP contribution in [0.1, 0.15) is 71.1 Å². The van der Waals surface area contributed by atoms with Gasteiger partial charge in [-0.1, -0.05) is 45.4 Å². The molecule has 1 aliphatic heterocycles. The molecule has 1 aliphatic rings. The minimum atomic E-state index is -0.798. The van der Waals surface area contributed by atoms with Gasteiger partial charge in [-0.3, -0.25) is 14.9 Å². The molecule has 1 rings (SSSR count). The van der Waals surface area contributed by atoms with Crippen LogP contribution < -0.4 is 10.7 Å². The fourth-order valence-corrected chi connectivity index (χ4v) is 2.85. The molecule has 1 saturated heterocycles. The summed E-state index contributed by atoms with van der Waals surface area (Å²) < 4.78 is 0. The Bertz CT molecular complexity index is 444. The van der Waals surface area contributed by atoms with Crippen LogP contribution in [0.3, 0.4) is 0 Å². The number of carboxylic acids is 1. The van der Waals surface area contributed by atoms with Crippen molar-refractivity contribution in [1.29, 1.82) is 0 Å². The number of aliphatic carboxylic acids is 1. The standard InChI is InChI=1S/C17H31N3O5/c1-2-3-6-9-13(21)12-18-20-14(16(24)19-17(20)25)10-7-4-5-8-11-15(22)23/h13-14,18,21H,2-12H2,1H3,(H,22,23)(H,19,24,25). The Morgan fingerprint density at radius 3 is 2.60 bits per heavy atom. The molecule has 144 valence electrons. The van der Waals surface area contributed by atoms with Crippen LogP contribution in [0.2, 0.25) is 0 Å². The van der Waals surface area contributed by atoms with E-state index in [2.05, 4.69) is 17.7 Å². The lowest BCUT2D eigenvalue weighted by molar-refractivity contribution is -0.137. The highest BCUT2D eigenvalue weighted by atomic mass is 16.4. The van der Waals surface area contributed by atoms with Crippen molar-refractivity contribution < 1.29 is 24.6 Å². The second kappa shape index (κ2) is 11.8. The predicted octanol–water partition coefficient (Wildman–Crippen LogP) is 1.78. The quantitative estimate of drug-likeness (QED) is 0.278. The number of carbonyl (C=O) groups is 3. The zero-order chi connectivity index (χ0) is 18.7. The summed E-state index contributed by atoms with van der Waals surface area (Å²) in [5, 5.41) is 22.1. The Hall–Kier alpha value is -1.67. The lowest BCUT2D eigenvalue weighted by Crippen LogP contribution is -2.48. The van der Waals surface area contributed by atoms with Crippen LogP contribution in [-0.4, -0.2) is 51.8 Å². The second-order valence-corrected chi connectivity index (χ2v) is 6.54. The Labute approximate surface area is 148 Å². The van der Waals surface area contributed by atoms with Gasteiger partial charge in [-0.05, 0) is 19.3 Å². The van der Waals surface area contributed by atoms with Crippen LogP contribution in [-0.2, 0) is 9.59 Å². The van der Waals surface area contributed by atoms with Gasteiger partial charge < -0.3 is 10.2 Å². The summed E-state index contributed by atoms with van der Waals surface area (Å²) in [6.07, 6.45) is 6.84. The predicted molar refractivity (Wildman–Crippen MR) is 92.7 cm³/mol. The van der Waals surface area contributed by atoms with Crippen molar-refractivity contribution in [3.63, 3.8) is 0 Å². The number of hydrogen-bond donors (Lipinski definition) is 4. The van der Waals surface area contributed by atoms with E-state index in [0.717, 1.165) is 38.5 Å². The number of urea groups is 1. The molecule has 1 heterocycles. The number of aliphatic hydroxyl groups excluding tert-OH is 1. The maximum Gasteiger partial charge on any atom is 0.339 e. The minimum Gasteiger partial charge on any atom is -0.481 e. The van der Waals surface area contributed by atoms with E-state index in [4.69, 9.17) is 5.11 Å². The highest BCUT2D eigenvalue weighted by Crippen LogP contribution is 2.15. The van der Waals surface area contributed by atoms with Gasteiger partial charge in [-0.15, -0.1) is 0 Å². The van der Waals surface area contributed by atoms with Crippen LogP contribution in [0, 0.1) is 0 Å². The van der Waals surface area contributed by atoms with Gasteiger partial charge in [-0.2, -0.15) is 0 Å². The van der Waals surface area contributed by atoms with Gasteiger partial charge in [0, 0.05) is 13.0 Å². The molecule has 0 aromatic carbocycles. The largest absolute Gasteiger partial charge is 0.481 e. The van der Waals surface area contributed by atoms with E-state index in [1.165, 1.54) is 5.01 Å². The third kappa shape index (κ3) is 8.31. The Balaban J connectivity index is 2.31. The third-order valence-corrected chi connectivity index (χ3v) is 4.32. The average molecular weight is 357 g/mol. The van der Waals surface area contributed by atoms with Crippen molar-refractivity contribution in [3.8, 4) is 0 Å². The molecule has 25 heavy (non-hydrogen) atoms. The summed E-state index contributed by atoms with van der Waals surface area (Å²) in [4.78, 5) is 34.2. The number of hydrogen-bond acceptors (Lipinski definition) is 5. The van der Waals surface area contributed by atoms with Gasteiger partial charge in [0.05, 0.1) is 6.10 Å². The molecular formula is C17H31N3O5. The van der Waals surface area contributed by atoms with Crippen molar-refractivity contribution in [1.82, 2.24) is 15.8 Å². The topological polar surface area (TPSA) is 119 Å². The molecule has 0 bridgehead atoms. The zero-order valence-corrected chi connectivity index (χ0v) is 15.0. The van der Waals surface area contributed by atoms with Crippen molar-refractivity contribution in [2.45, 2.75) is 83.3 Å². The first-order valence-electron chi connectivity index (χ1n) is 9.23. The molecule has 0 saturated carbocycles. The fourth-order valence-electron chi connectivity index (χ4n) is 2.85. The summed E-state index contributed by atoms with van der Waals surface area (Å²) >= 11 is 0. The molecule has 0 radical (unpaired) electrons. The first kappa shape index (κ1) is 21.4. The van der Waals surface area contributed by atoms with Gasteiger partial charge >= 0.3 is 12.0 Å². The van der Waals surface area contributed by atoms with Crippen LogP contribution >= 0.6 is 0 Å². The normalized spacial score (nSPS) is 18.5. The summed E-state index contributed by atoms with van der Waals surface area (Å²) in [5.41, 5.74) is 2.88. The number of rotatable bonds is 14. The van der Waals surface area contributed by atoms with E-state index in [-0.39, 0.29) is 18.9 Å². The molecule has 0 spiro atoms. The number of carboxylic acid groups (broad SMARTS) is 1. The van der Waals surface area contributed by atoms with Crippen molar-refractivity contribution in [3.05, 3.63) is 0 Å². The second-order valence-electron chi connectivity index (χ2n) is 6.54. The lowest BCUT2D eigenvalue weighted by atomic mass is 10.1. The zero-order valence-electron chi connectivity index (χ0n) is 15.0. The molecule has 2 atom stereocenters. The molecule has 2 unspecified atom stereocenters. The smallest absolute Gasteiger partial charge is 0.339 e. The van der Waals surface area contributed by atoms with Gasteiger partial charge in [0.15, 0.2) is 0 Å². The van der Waals surface area contributed by atoms with Crippen molar-refractivity contribution in [2.24, 2.45) is 0 Å². The first-order valence-corrected chi connectivity index (χ1v) is 9.23. The highest BCUT2D eigenvalue weighted by Gasteiger charge is 2.38. The first-order chi connectivity index (χ1) is 12.0. The number of nitrogens with zero attached hydrogens (tertiary/aromatic N) is 1. The molecule has 0 aromatic rings. The molecule has 4 N–H and O–H groups in total. The van der Waals surface area contributed by atoms with Crippen molar-refractivity contribution in [2.75, 3.05) is 6.54 Å². The number of imide groups is 1. The van der Waals surface area contributed by atoms with E-state index in [1.54, 1.807) is 0 Å². The number of carbonyl (C=O) groups excluding carboxylic acids is 2. The fraction of sp³-hybridized carbons (Fsp3) is 0.824. The average Bonchev–Trinajstić information content (AvgIpc) is 2.82. The molecule has 8 heteroatoms. The SMILES string of the molecule is CCCCCC(O)CNN1C(=O)NC(=O)C1CCCCCCC(=O)O. The van der Waals surface area contributed by atoms with E-state index in [9.17, 15) is 19.5 Å². The van der Waals surface area contributed by atoms with E-state index >= 15 is 0 Å².